The van der Waals surface area contributed by atoms with Crippen molar-refractivity contribution in [3.05, 3.63) is 54.1 Å². The van der Waals surface area contributed by atoms with Gasteiger partial charge < -0.3 is 9.64 Å². The lowest BCUT2D eigenvalue weighted by Gasteiger charge is -2.19. The normalized spacial score (nSPS) is 17.5. The van der Waals surface area contributed by atoms with Crippen molar-refractivity contribution in [1.29, 1.82) is 0 Å². The molecule has 0 aromatic heterocycles. The molecular weight excluding hydrogens is 326 g/mol. The molecule has 4 nitrogen and oxygen atoms in total. The van der Waals surface area contributed by atoms with Gasteiger partial charge in [0.1, 0.15) is 18.2 Å². The molecule has 1 unspecified atom stereocenters. The first-order valence-electron chi connectivity index (χ1n) is 8.22. The first kappa shape index (κ1) is 17.4. The van der Waals surface area contributed by atoms with Crippen LogP contribution >= 0.6 is 0 Å². The van der Waals surface area contributed by atoms with Gasteiger partial charge in [-0.2, -0.15) is 0 Å². The molecule has 0 saturated carbocycles. The highest BCUT2D eigenvalue weighted by Crippen LogP contribution is 2.29. The number of ether oxygens (including phenoxy) is 1. The standard InChI is InChI=1S/C19H20F2N2O2/c1-23-8-4-5-16(23)12-25-19(24)22-18-7-3-2-6-17(18)13-9-14(20)11-15(21)10-13/h2-3,6-7,9-11,16H,4-5,8,12H2,1H3,(H,22,24). The smallest absolute Gasteiger partial charge is 0.411 e. The van der Waals surface area contributed by atoms with Crippen molar-refractivity contribution in [2.45, 2.75) is 18.9 Å². The number of likely N-dealkylation sites (N-methyl/N-ethyl adjacent to an activating group) is 1. The van der Waals surface area contributed by atoms with Crippen molar-refractivity contribution in [2.75, 3.05) is 25.5 Å². The van der Waals surface area contributed by atoms with E-state index in [0.717, 1.165) is 25.5 Å². The number of halogens is 2. The number of para-hydroxylation sites is 1. The zero-order valence-corrected chi connectivity index (χ0v) is 14.0. The number of nitrogens with one attached hydrogen (secondary N) is 1. The highest BCUT2D eigenvalue weighted by Gasteiger charge is 2.22. The molecule has 0 bridgehead atoms. The van der Waals surface area contributed by atoms with Crippen LogP contribution in [0.2, 0.25) is 0 Å². The third kappa shape index (κ3) is 4.33. The molecule has 132 valence electrons. The number of nitrogens with zero attached hydrogens (tertiary/aromatic N) is 1. The Morgan fingerprint density at radius 3 is 2.64 bits per heavy atom. The maximum atomic E-state index is 13.5. The highest BCUT2D eigenvalue weighted by molar-refractivity contribution is 5.91. The molecule has 1 aliphatic heterocycles. The Hall–Kier alpha value is -2.47. The molecule has 2 aromatic carbocycles. The van der Waals surface area contributed by atoms with Gasteiger partial charge in [0.2, 0.25) is 0 Å². The van der Waals surface area contributed by atoms with Gasteiger partial charge >= 0.3 is 6.09 Å². The van der Waals surface area contributed by atoms with E-state index < -0.39 is 17.7 Å². The van der Waals surface area contributed by atoms with Crippen LogP contribution in [-0.4, -0.2) is 37.2 Å². The number of carbonyl (C=O) groups excluding carboxylic acids is 1. The van der Waals surface area contributed by atoms with Crippen molar-refractivity contribution in [2.24, 2.45) is 0 Å². The van der Waals surface area contributed by atoms with Crippen molar-refractivity contribution in [3.63, 3.8) is 0 Å². The zero-order chi connectivity index (χ0) is 17.8. The van der Waals surface area contributed by atoms with Gasteiger partial charge in [0, 0.05) is 17.7 Å². The maximum absolute atomic E-state index is 13.5. The molecule has 6 heteroatoms. The molecule has 0 radical (unpaired) electrons. The monoisotopic (exact) mass is 346 g/mol. The topological polar surface area (TPSA) is 41.6 Å². The Morgan fingerprint density at radius 2 is 1.96 bits per heavy atom. The molecule has 25 heavy (non-hydrogen) atoms. The summed E-state index contributed by atoms with van der Waals surface area (Å²) >= 11 is 0. The average Bonchev–Trinajstić information content (AvgIpc) is 2.97. The van der Waals surface area contributed by atoms with Crippen LogP contribution in [0, 0.1) is 11.6 Å². The van der Waals surface area contributed by atoms with Crippen LogP contribution < -0.4 is 5.32 Å². The van der Waals surface area contributed by atoms with Crippen LogP contribution in [0.3, 0.4) is 0 Å². The SMILES string of the molecule is CN1CCCC1COC(=O)Nc1ccccc1-c1cc(F)cc(F)c1. The molecular formula is C19H20F2N2O2. The molecule has 0 spiro atoms. The van der Waals surface area contributed by atoms with Crippen LogP contribution in [0.4, 0.5) is 19.3 Å². The fourth-order valence-electron chi connectivity index (χ4n) is 3.06. The lowest BCUT2D eigenvalue weighted by atomic mass is 10.0. The number of amides is 1. The first-order chi connectivity index (χ1) is 12.0. The molecule has 1 atom stereocenters. The summed E-state index contributed by atoms with van der Waals surface area (Å²) in [6.07, 6.45) is 1.52. The second-order valence-corrected chi connectivity index (χ2v) is 6.20. The summed E-state index contributed by atoms with van der Waals surface area (Å²) in [6, 6.07) is 10.3. The van der Waals surface area contributed by atoms with Crippen LogP contribution in [0.1, 0.15) is 12.8 Å². The van der Waals surface area contributed by atoms with Crippen molar-refractivity contribution >= 4 is 11.8 Å². The van der Waals surface area contributed by atoms with Crippen LogP contribution in [0.5, 0.6) is 0 Å². The molecule has 3 rings (SSSR count). The summed E-state index contributed by atoms with van der Waals surface area (Å²) in [5, 5.41) is 2.66. The quantitative estimate of drug-likeness (QED) is 0.899. The number of hydrogen-bond acceptors (Lipinski definition) is 3. The predicted molar refractivity (Wildman–Crippen MR) is 92.4 cm³/mol. The molecule has 1 heterocycles. The van der Waals surface area contributed by atoms with E-state index in [1.54, 1.807) is 24.3 Å². The molecule has 1 saturated heterocycles. The molecule has 1 amide bonds. The second-order valence-electron chi connectivity index (χ2n) is 6.20. The van der Waals surface area contributed by atoms with E-state index in [-0.39, 0.29) is 6.04 Å². The number of rotatable bonds is 4. The largest absolute Gasteiger partial charge is 0.448 e. The van der Waals surface area contributed by atoms with E-state index in [1.807, 2.05) is 7.05 Å². The predicted octanol–water partition coefficient (Wildman–Crippen LogP) is 4.27. The number of anilines is 1. The van der Waals surface area contributed by atoms with E-state index in [9.17, 15) is 13.6 Å². The lowest BCUT2D eigenvalue weighted by molar-refractivity contribution is 0.127. The number of benzene rings is 2. The van der Waals surface area contributed by atoms with Gasteiger partial charge in [0.15, 0.2) is 0 Å². The van der Waals surface area contributed by atoms with Crippen LogP contribution in [-0.2, 0) is 4.74 Å². The van der Waals surface area contributed by atoms with Crippen molar-refractivity contribution in [1.82, 2.24) is 4.90 Å². The molecule has 1 aliphatic rings. The minimum atomic E-state index is -0.670. The van der Waals surface area contributed by atoms with Gasteiger partial charge in [0.05, 0.1) is 5.69 Å². The Labute approximate surface area is 145 Å². The highest BCUT2D eigenvalue weighted by atomic mass is 19.1. The Bertz CT molecular complexity index is 747. The number of hydrogen-bond donors (Lipinski definition) is 1. The zero-order valence-electron chi connectivity index (χ0n) is 14.0. The minimum Gasteiger partial charge on any atom is -0.448 e. The van der Waals surface area contributed by atoms with E-state index in [1.165, 1.54) is 12.1 Å². The van der Waals surface area contributed by atoms with Crippen molar-refractivity contribution < 1.29 is 18.3 Å². The summed E-state index contributed by atoms with van der Waals surface area (Å²) in [5.74, 6) is -1.34. The summed E-state index contributed by atoms with van der Waals surface area (Å²) in [4.78, 5) is 14.3. The van der Waals surface area contributed by atoms with Gasteiger partial charge in [0.25, 0.3) is 0 Å². The van der Waals surface area contributed by atoms with E-state index in [2.05, 4.69) is 10.2 Å². The third-order valence-corrected chi connectivity index (χ3v) is 4.42. The van der Waals surface area contributed by atoms with Gasteiger partial charge in [-0.05, 0) is 50.2 Å². The minimum absolute atomic E-state index is 0.235. The van der Waals surface area contributed by atoms with E-state index in [4.69, 9.17) is 4.74 Å². The summed E-state index contributed by atoms with van der Waals surface area (Å²) in [5.41, 5.74) is 1.32. The lowest BCUT2D eigenvalue weighted by Crippen LogP contribution is -2.31. The molecule has 1 N–H and O–H groups in total. The second kappa shape index (κ2) is 7.61. The first-order valence-corrected chi connectivity index (χ1v) is 8.22. The third-order valence-electron chi connectivity index (χ3n) is 4.42. The van der Waals surface area contributed by atoms with Gasteiger partial charge in [-0.15, -0.1) is 0 Å². The fraction of sp³-hybridized carbons (Fsp3) is 0.316. The van der Waals surface area contributed by atoms with Gasteiger partial charge in [-0.1, -0.05) is 18.2 Å². The fourth-order valence-corrected chi connectivity index (χ4v) is 3.06. The van der Waals surface area contributed by atoms with E-state index in [0.29, 0.717) is 23.4 Å². The molecule has 1 fully saturated rings. The van der Waals surface area contributed by atoms with Gasteiger partial charge in [-0.25, -0.2) is 13.6 Å². The van der Waals surface area contributed by atoms with Crippen LogP contribution in [0.15, 0.2) is 42.5 Å². The van der Waals surface area contributed by atoms with Gasteiger partial charge in [-0.3, -0.25) is 5.32 Å². The maximum Gasteiger partial charge on any atom is 0.411 e. The van der Waals surface area contributed by atoms with E-state index >= 15 is 0 Å². The number of likely N-dealkylation sites (tertiary alicyclic amines) is 1. The van der Waals surface area contributed by atoms with Crippen molar-refractivity contribution in [3.8, 4) is 11.1 Å². The average molecular weight is 346 g/mol. The summed E-state index contributed by atoms with van der Waals surface area (Å²) < 4.78 is 32.3. The Morgan fingerprint density at radius 1 is 1.24 bits per heavy atom. The summed E-state index contributed by atoms with van der Waals surface area (Å²) in [6.45, 7) is 1.32. The Kier molecular flexibility index (Phi) is 5.28. The number of carbonyl (C=O) groups is 1. The molecule has 0 aliphatic carbocycles. The molecule has 2 aromatic rings. The Balaban J connectivity index is 1.71. The van der Waals surface area contributed by atoms with Crippen LogP contribution in [0.25, 0.3) is 11.1 Å². The summed E-state index contributed by atoms with van der Waals surface area (Å²) in [7, 11) is 2.01.